The van der Waals surface area contributed by atoms with Crippen molar-refractivity contribution in [2.24, 2.45) is 0 Å². The van der Waals surface area contributed by atoms with Gasteiger partial charge in [-0.15, -0.1) is 0 Å². The highest BCUT2D eigenvalue weighted by molar-refractivity contribution is 6.39. The molecule has 1 aromatic carbocycles. The molecule has 0 bridgehead atoms. The van der Waals surface area contributed by atoms with E-state index in [-0.39, 0.29) is 21.6 Å². The first-order chi connectivity index (χ1) is 8.06. The molecule has 0 saturated heterocycles. The van der Waals surface area contributed by atoms with Crippen molar-refractivity contribution >= 4 is 34.8 Å². The smallest absolute Gasteiger partial charge is 0.251 e. The number of amides is 1. The molecular weight excluding hydrogens is 261 g/mol. The molecule has 1 aromatic rings. The predicted octanol–water partition coefficient (Wildman–Crippen LogP) is 2.61. The van der Waals surface area contributed by atoms with Gasteiger partial charge in [-0.25, -0.2) is 0 Å². The van der Waals surface area contributed by atoms with Crippen molar-refractivity contribution in [3.63, 3.8) is 0 Å². The summed E-state index contributed by atoms with van der Waals surface area (Å²) in [5, 5.41) is 11.5. The third kappa shape index (κ3) is 3.81. The van der Waals surface area contributed by atoms with Gasteiger partial charge in [0.1, 0.15) is 0 Å². The van der Waals surface area contributed by atoms with Gasteiger partial charge in [0.15, 0.2) is 0 Å². The summed E-state index contributed by atoms with van der Waals surface area (Å²) >= 11 is 11.6. The molecule has 17 heavy (non-hydrogen) atoms. The molecule has 90 valence electrons. The average Bonchev–Trinajstić information content (AvgIpc) is 2.30. The van der Waals surface area contributed by atoms with E-state index in [0.717, 1.165) is 0 Å². The van der Waals surface area contributed by atoms with Gasteiger partial charge in [-0.2, -0.15) is 5.26 Å². The summed E-state index contributed by atoms with van der Waals surface area (Å²) < 4.78 is 0. The number of carbonyl (C=O) groups is 1. The van der Waals surface area contributed by atoms with Crippen molar-refractivity contribution in [2.75, 3.05) is 12.3 Å². The van der Waals surface area contributed by atoms with Crippen LogP contribution in [0, 0.1) is 11.3 Å². The van der Waals surface area contributed by atoms with E-state index in [1.54, 1.807) is 0 Å². The van der Waals surface area contributed by atoms with Crippen LogP contribution in [0.2, 0.25) is 10.0 Å². The first-order valence-electron chi connectivity index (χ1n) is 4.96. The van der Waals surface area contributed by atoms with Gasteiger partial charge in [-0.1, -0.05) is 23.2 Å². The normalized spacial score (nSPS) is 9.71. The molecule has 3 N–H and O–H groups in total. The van der Waals surface area contributed by atoms with Crippen LogP contribution in [-0.2, 0) is 0 Å². The fourth-order valence-electron chi connectivity index (χ4n) is 1.19. The zero-order chi connectivity index (χ0) is 12.8. The van der Waals surface area contributed by atoms with Crippen LogP contribution in [0.1, 0.15) is 23.2 Å². The topological polar surface area (TPSA) is 78.9 Å². The van der Waals surface area contributed by atoms with E-state index >= 15 is 0 Å². The van der Waals surface area contributed by atoms with Crippen LogP contribution >= 0.6 is 23.2 Å². The number of carbonyl (C=O) groups excluding carboxylic acids is 1. The van der Waals surface area contributed by atoms with Crippen molar-refractivity contribution in [1.82, 2.24) is 5.32 Å². The standard InChI is InChI=1S/C11H11Cl2N3O/c12-8-5-7(6-9(13)10(8)15)11(17)16-4-2-1-3-14/h5-6H,1-2,4,15H2,(H,16,17). The lowest BCUT2D eigenvalue weighted by Crippen LogP contribution is -2.24. The van der Waals surface area contributed by atoms with E-state index in [9.17, 15) is 4.79 Å². The molecule has 0 aliphatic carbocycles. The van der Waals surface area contributed by atoms with Crippen molar-refractivity contribution in [3.05, 3.63) is 27.7 Å². The Morgan fingerprint density at radius 3 is 2.53 bits per heavy atom. The quantitative estimate of drug-likeness (QED) is 0.653. The molecular formula is C11H11Cl2N3O. The molecule has 1 rings (SSSR count). The second-order valence-electron chi connectivity index (χ2n) is 3.37. The number of benzene rings is 1. The Balaban J connectivity index is 2.67. The lowest BCUT2D eigenvalue weighted by molar-refractivity contribution is 0.0953. The number of nitrogens with zero attached hydrogens (tertiary/aromatic N) is 1. The Labute approximate surface area is 109 Å². The number of unbranched alkanes of at least 4 members (excludes halogenated alkanes) is 1. The molecule has 1 amide bonds. The Bertz CT molecular complexity index is 445. The van der Waals surface area contributed by atoms with Crippen molar-refractivity contribution in [2.45, 2.75) is 12.8 Å². The van der Waals surface area contributed by atoms with E-state index in [2.05, 4.69) is 5.32 Å². The van der Waals surface area contributed by atoms with Gasteiger partial charge in [-0.05, 0) is 18.6 Å². The summed E-state index contributed by atoms with van der Waals surface area (Å²) in [4.78, 5) is 11.7. The molecule has 0 atom stereocenters. The number of nitriles is 1. The first-order valence-corrected chi connectivity index (χ1v) is 5.71. The van der Waals surface area contributed by atoms with E-state index in [4.69, 9.17) is 34.2 Å². The summed E-state index contributed by atoms with van der Waals surface area (Å²) in [6, 6.07) is 4.92. The Morgan fingerprint density at radius 1 is 1.41 bits per heavy atom. The first kappa shape index (κ1) is 13.6. The molecule has 0 heterocycles. The van der Waals surface area contributed by atoms with Crippen molar-refractivity contribution in [3.8, 4) is 6.07 Å². The maximum Gasteiger partial charge on any atom is 0.251 e. The second-order valence-corrected chi connectivity index (χ2v) is 4.19. The number of anilines is 1. The third-order valence-corrected chi connectivity index (χ3v) is 2.72. The molecule has 4 nitrogen and oxygen atoms in total. The van der Waals surface area contributed by atoms with Crippen LogP contribution in [0.5, 0.6) is 0 Å². The van der Waals surface area contributed by atoms with E-state index in [1.807, 2.05) is 6.07 Å². The largest absolute Gasteiger partial charge is 0.396 e. The molecule has 6 heteroatoms. The summed E-state index contributed by atoms with van der Waals surface area (Å²) in [7, 11) is 0. The number of hydrogen-bond donors (Lipinski definition) is 2. The van der Waals surface area contributed by atoms with Crippen LogP contribution in [0.4, 0.5) is 5.69 Å². The van der Waals surface area contributed by atoms with Crippen LogP contribution in [0.15, 0.2) is 12.1 Å². The van der Waals surface area contributed by atoms with E-state index in [1.165, 1.54) is 12.1 Å². The Morgan fingerprint density at radius 2 is 2.00 bits per heavy atom. The molecule has 0 aliphatic rings. The summed E-state index contributed by atoms with van der Waals surface area (Å²) in [5.74, 6) is -0.285. The van der Waals surface area contributed by atoms with E-state index < -0.39 is 0 Å². The predicted molar refractivity (Wildman–Crippen MR) is 68.1 cm³/mol. The lowest BCUT2D eigenvalue weighted by Gasteiger charge is -2.07. The van der Waals surface area contributed by atoms with Gasteiger partial charge in [0.25, 0.3) is 5.91 Å². The number of rotatable bonds is 4. The highest BCUT2D eigenvalue weighted by Gasteiger charge is 2.10. The number of halogens is 2. The van der Waals surface area contributed by atoms with E-state index in [0.29, 0.717) is 24.9 Å². The third-order valence-electron chi connectivity index (χ3n) is 2.09. The second kappa shape index (κ2) is 6.33. The Hall–Kier alpha value is -1.44. The van der Waals surface area contributed by atoms with Gasteiger partial charge in [0, 0.05) is 18.5 Å². The maximum absolute atomic E-state index is 11.7. The van der Waals surface area contributed by atoms with Gasteiger partial charge in [0.2, 0.25) is 0 Å². The molecule has 0 spiro atoms. The molecule has 0 radical (unpaired) electrons. The van der Waals surface area contributed by atoms with Crippen LogP contribution in [-0.4, -0.2) is 12.5 Å². The molecule has 0 aliphatic heterocycles. The highest BCUT2D eigenvalue weighted by atomic mass is 35.5. The van der Waals surface area contributed by atoms with Gasteiger partial charge >= 0.3 is 0 Å². The lowest BCUT2D eigenvalue weighted by atomic mass is 10.2. The zero-order valence-corrected chi connectivity index (χ0v) is 10.5. The van der Waals surface area contributed by atoms with Gasteiger partial charge in [-0.3, -0.25) is 4.79 Å². The number of nitrogens with two attached hydrogens (primary N) is 1. The van der Waals surface area contributed by atoms with Crippen LogP contribution in [0.3, 0.4) is 0 Å². The Kier molecular flexibility index (Phi) is 5.08. The minimum absolute atomic E-state index is 0.250. The summed E-state index contributed by atoms with van der Waals surface area (Å²) in [6.45, 7) is 0.437. The van der Waals surface area contributed by atoms with Gasteiger partial charge < -0.3 is 11.1 Å². The molecule has 0 unspecified atom stereocenters. The van der Waals surface area contributed by atoms with Gasteiger partial charge in [0.05, 0.1) is 21.8 Å². The number of nitrogens with one attached hydrogen (secondary N) is 1. The van der Waals surface area contributed by atoms with Crippen LogP contribution < -0.4 is 11.1 Å². The average molecular weight is 272 g/mol. The number of nitrogen functional groups attached to an aromatic ring is 1. The molecule has 0 aromatic heterocycles. The summed E-state index contributed by atoms with van der Waals surface area (Å²) in [5.41, 5.74) is 6.17. The fraction of sp³-hybridized carbons (Fsp3) is 0.273. The molecule has 0 fully saturated rings. The SMILES string of the molecule is N#CCCCNC(=O)c1cc(Cl)c(N)c(Cl)c1. The fourth-order valence-corrected chi connectivity index (χ4v) is 1.67. The summed E-state index contributed by atoms with van der Waals surface area (Å²) in [6.07, 6.45) is 1.02. The monoisotopic (exact) mass is 271 g/mol. The van der Waals surface area contributed by atoms with Crippen molar-refractivity contribution in [1.29, 1.82) is 5.26 Å². The van der Waals surface area contributed by atoms with Crippen molar-refractivity contribution < 1.29 is 4.79 Å². The zero-order valence-electron chi connectivity index (χ0n) is 8.96. The van der Waals surface area contributed by atoms with Crippen LogP contribution in [0.25, 0.3) is 0 Å². The number of hydrogen-bond acceptors (Lipinski definition) is 3. The minimum atomic E-state index is -0.285. The highest BCUT2D eigenvalue weighted by Crippen LogP contribution is 2.28. The minimum Gasteiger partial charge on any atom is -0.396 e. The molecule has 0 saturated carbocycles. The maximum atomic E-state index is 11.7.